The number of aryl methyl sites for hydroxylation is 3. The van der Waals surface area contributed by atoms with E-state index in [1.54, 1.807) is 0 Å². The third-order valence-electron chi connectivity index (χ3n) is 2.26. The second-order valence-electron chi connectivity index (χ2n) is 3.47. The Morgan fingerprint density at radius 2 is 1.20 bits per heavy atom. The number of hydrogen-bond acceptors (Lipinski definition) is 0. The van der Waals surface area contributed by atoms with Gasteiger partial charge in [-0.15, -0.1) is 0 Å². The summed E-state index contributed by atoms with van der Waals surface area (Å²) in [7, 11) is 0. The number of benzene rings is 1. The van der Waals surface area contributed by atoms with Crippen LogP contribution in [-0.4, -0.2) is 14.2 Å². The molecule has 0 aliphatic carbocycles. The van der Waals surface area contributed by atoms with E-state index in [0.717, 1.165) is 11.8 Å². The van der Waals surface area contributed by atoms with Crippen LogP contribution in [0.4, 0.5) is 0 Å². The summed E-state index contributed by atoms with van der Waals surface area (Å²) in [6.45, 7) is 0. The third-order valence-corrected chi connectivity index (χ3v) is 3.74. The van der Waals surface area contributed by atoms with Crippen molar-refractivity contribution in [2.45, 2.75) is 19.3 Å². The van der Waals surface area contributed by atoms with E-state index in [2.05, 4.69) is 79.3 Å². The zero-order valence-electron chi connectivity index (χ0n) is 8.61. The maximum atomic E-state index is 3.51. The molecule has 15 heavy (non-hydrogen) atoms. The Labute approximate surface area is 128 Å². The fourth-order valence-corrected chi connectivity index (χ4v) is 3.30. The summed E-state index contributed by atoms with van der Waals surface area (Å²) in [4.78, 5) is 0. The van der Waals surface area contributed by atoms with Gasteiger partial charge in [0.2, 0.25) is 0 Å². The predicted molar refractivity (Wildman–Crippen MR) is 89.1 cm³/mol. The van der Waals surface area contributed by atoms with E-state index < -0.39 is 0 Å². The molecule has 84 valence electrons. The first-order valence-electron chi connectivity index (χ1n) is 5.09. The molecule has 3 heteroatoms. The second-order valence-corrected chi connectivity index (χ2v) is 6.43. The van der Waals surface area contributed by atoms with Crippen LogP contribution in [-0.2, 0) is 19.3 Å². The van der Waals surface area contributed by atoms with Crippen LogP contribution in [0.15, 0.2) is 18.2 Å². The van der Waals surface area contributed by atoms with E-state index in [4.69, 9.17) is 0 Å². The molecular weight excluding hydrogens is 478 g/mol. The average molecular weight is 493 g/mol. The van der Waals surface area contributed by atoms with Crippen LogP contribution in [0.1, 0.15) is 16.7 Å². The van der Waals surface area contributed by atoms with Crippen LogP contribution in [0.5, 0.6) is 0 Å². The van der Waals surface area contributed by atoms with E-state index in [9.17, 15) is 0 Å². The van der Waals surface area contributed by atoms with Crippen LogP contribution >= 0.6 is 61.1 Å². The van der Waals surface area contributed by atoms with Crippen LogP contribution in [0.25, 0.3) is 0 Å². The minimum absolute atomic E-state index is 1.06. The lowest BCUT2D eigenvalue weighted by atomic mass is 10.0. The van der Waals surface area contributed by atoms with Crippen molar-refractivity contribution in [3.8, 4) is 0 Å². The molecule has 0 heterocycles. The Balaban J connectivity index is 2.86. The number of alkyl halides is 3. The summed E-state index contributed by atoms with van der Waals surface area (Å²) < 4.78 is 2.42. The van der Waals surface area contributed by atoms with Crippen LogP contribution in [0.3, 0.4) is 0 Å². The monoisotopic (exact) mass is 492 g/mol. The molecule has 0 bridgehead atoms. The Morgan fingerprint density at radius 3 is 1.53 bits per heavy atom. The summed E-state index contributed by atoms with van der Waals surface area (Å²) in [5, 5.41) is 1.06. The van der Waals surface area contributed by atoms with Crippen LogP contribution < -0.4 is 0 Å². The van der Waals surface area contributed by atoms with E-state index in [0.29, 0.717) is 0 Å². The first kappa shape index (κ1) is 14.2. The van der Waals surface area contributed by atoms with Crippen molar-refractivity contribution < 1.29 is 0 Å². The molecule has 0 fully saturated rings. The quantitative estimate of drug-likeness (QED) is 0.403. The maximum Gasteiger partial charge on any atom is 0.00718 e. The lowest BCUT2D eigenvalue weighted by Crippen LogP contribution is -1.96. The summed E-state index contributed by atoms with van der Waals surface area (Å²) in [5.41, 5.74) is 4.49. The highest BCUT2D eigenvalue weighted by atomic mass is 127. The van der Waals surface area contributed by atoms with Crippen molar-refractivity contribution in [1.29, 1.82) is 0 Å². The SMILES string of the molecule is BrCCc1cc(CCI)cc(CCI)c1. The van der Waals surface area contributed by atoms with Gasteiger partial charge in [-0.1, -0.05) is 79.3 Å². The lowest BCUT2D eigenvalue weighted by Gasteiger charge is -2.07. The van der Waals surface area contributed by atoms with E-state index in [1.165, 1.54) is 38.4 Å². The largest absolute Gasteiger partial charge is 0.0924 e. The standard InChI is InChI=1S/C12H15BrI2/c13-4-1-10-7-11(2-5-14)9-12(8-10)3-6-15/h7-9H,1-6H2. The van der Waals surface area contributed by atoms with Gasteiger partial charge in [0.05, 0.1) is 0 Å². The van der Waals surface area contributed by atoms with Gasteiger partial charge in [0.15, 0.2) is 0 Å². The van der Waals surface area contributed by atoms with Gasteiger partial charge in [0.25, 0.3) is 0 Å². The normalized spacial score (nSPS) is 10.6. The molecule has 0 saturated heterocycles. The molecule has 0 atom stereocenters. The minimum Gasteiger partial charge on any atom is -0.0924 e. The Morgan fingerprint density at radius 1 is 0.800 bits per heavy atom. The molecule has 1 aromatic rings. The van der Waals surface area contributed by atoms with Gasteiger partial charge in [-0.3, -0.25) is 0 Å². The maximum absolute atomic E-state index is 3.51. The number of rotatable bonds is 6. The lowest BCUT2D eigenvalue weighted by molar-refractivity contribution is 1.07. The van der Waals surface area contributed by atoms with Gasteiger partial charge in [0.1, 0.15) is 0 Å². The van der Waals surface area contributed by atoms with Crippen LogP contribution in [0.2, 0.25) is 0 Å². The van der Waals surface area contributed by atoms with E-state index >= 15 is 0 Å². The topological polar surface area (TPSA) is 0 Å². The molecule has 0 spiro atoms. The molecule has 1 rings (SSSR count). The molecule has 1 aromatic carbocycles. The second kappa shape index (κ2) is 8.28. The van der Waals surface area contributed by atoms with Crippen molar-refractivity contribution in [1.82, 2.24) is 0 Å². The highest BCUT2D eigenvalue weighted by Gasteiger charge is 2.00. The first-order chi connectivity index (χ1) is 7.30. The Bertz CT molecular complexity index is 240. The van der Waals surface area contributed by atoms with Gasteiger partial charge in [-0.25, -0.2) is 0 Å². The zero-order chi connectivity index (χ0) is 11.1. The van der Waals surface area contributed by atoms with Gasteiger partial charge in [0, 0.05) is 14.2 Å². The molecule has 0 N–H and O–H groups in total. The molecule has 0 aromatic heterocycles. The van der Waals surface area contributed by atoms with Gasteiger partial charge < -0.3 is 0 Å². The molecule has 0 amide bonds. The molecular formula is C12H15BrI2. The fraction of sp³-hybridized carbons (Fsp3) is 0.500. The molecule has 0 unspecified atom stereocenters. The molecule has 0 radical (unpaired) electrons. The highest BCUT2D eigenvalue weighted by molar-refractivity contribution is 14.1. The van der Waals surface area contributed by atoms with Crippen molar-refractivity contribution in [3.63, 3.8) is 0 Å². The third kappa shape index (κ3) is 5.35. The molecule has 0 aliphatic heterocycles. The molecule has 0 saturated carbocycles. The predicted octanol–water partition coefficient (Wildman–Crippen LogP) is 4.58. The number of halogens is 3. The zero-order valence-corrected chi connectivity index (χ0v) is 14.5. The average Bonchev–Trinajstić information content (AvgIpc) is 2.19. The van der Waals surface area contributed by atoms with Crippen molar-refractivity contribution in [3.05, 3.63) is 34.9 Å². The highest BCUT2D eigenvalue weighted by Crippen LogP contribution is 2.14. The fourth-order valence-electron chi connectivity index (χ4n) is 1.60. The summed E-state index contributed by atoms with van der Waals surface area (Å²) in [5.74, 6) is 0. The van der Waals surface area contributed by atoms with Crippen LogP contribution in [0, 0.1) is 0 Å². The minimum atomic E-state index is 1.06. The molecule has 0 nitrogen and oxygen atoms in total. The summed E-state index contributed by atoms with van der Waals surface area (Å²) in [6.07, 6.45) is 3.54. The van der Waals surface area contributed by atoms with Crippen molar-refractivity contribution in [2.75, 3.05) is 14.2 Å². The molecule has 0 aliphatic rings. The van der Waals surface area contributed by atoms with E-state index in [1.807, 2.05) is 0 Å². The van der Waals surface area contributed by atoms with Gasteiger partial charge in [-0.05, 0) is 36.0 Å². The summed E-state index contributed by atoms with van der Waals surface area (Å²) >= 11 is 8.40. The van der Waals surface area contributed by atoms with E-state index in [-0.39, 0.29) is 0 Å². The number of hydrogen-bond donors (Lipinski definition) is 0. The smallest absolute Gasteiger partial charge is 0.00718 e. The van der Waals surface area contributed by atoms with Crippen molar-refractivity contribution >= 4 is 61.1 Å². The van der Waals surface area contributed by atoms with Crippen molar-refractivity contribution in [2.24, 2.45) is 0 Å². The first-order valence-corrected chi connectivity index (χ1v) is 9.27. The Hall–Kier alpha value is 1.16. The summed E-state index contributed by atoms with van der Waals surface area (Å²) in [6, 6.07) is 7.09. The Kier molecular flexibility index (Phi) is 7.85. The van der Waals surface area contributed by atoms with Gasteiger partial charge in [-0.2, -0.15) is 0 Å². The van der Waals surface area contributed by atoms with Gasteiger partial charge >= 0.3 is 0 Å².